The lowest BCUT2D eigenvalue weighted by molar-refractivity contribution is 0.0933. The molecule has 4 rings (SSSR count). The van der Waals surface area contributed by atoms with E-state index in [4.69, 9.17) is 9.15 Å². The van der Waals surface area contributed by atoms with E-state index in [0.29, 0.717) is 6.54 Å². The van der Waals surface area contributed by atoms with Crippen LogP contribution >= 0.6 is 0 Å². The lowest BCUT2D eigenvalue weighted by Gasteiger charge is -2.26. The number of rotatable bonds is 10. The van der Waals surface area contributed by atoms with Gasteiger partial charge in [0.05, 0.1) is 19.4 Å². The number of nitrogens with zero attached hydrogens (tertiary/aromatic N) is 2. The number of ether oxygens (including phenoxy) is 1. The molecule has 1 saturated heterocycles. The maximum Gasteiger partial charge on any atom is 0.251 e. The maximum atomic E-state index is 13.4. The molecule has 3 aromatic rings. The fourth-order valence-corrected chi connectivity index (χ4v) is 5.68. The molecule has 8 nitrogen and oxygen atoms in total. The predicted molar refractivity (Wildman–Crippen MR) is 133 cm³/mol. The Labute approximate surface area is 206 Å². The third kappa shape index (κ3) is 5.75. The van der Waals surface area contributed by atoms with Crippen LogP contribution < -0.4 is 10.1 Å². The van der Waals surface area contributed by atoms with Crippen molar-refractivity contribution >= 4 is 15.9 Å². The molecule has 1 amide bonds. The van der Waals surface area contributed by atoms with Crippen molar-refractivity contribution in [2.24, 2.45) is 0 Å². The van der Waals surface area contributed by atoms with Crippen LogP contribution in [0.4, 0.5) is 0 Å². The van der Waals surface area contributed by atoms with E-state index in [1.54, 1.807) is 12.3 Å². The molecule has 0 unspecified atom stereocenters. The largest absolute Gasteiger partial charge is 0.495 e. The average Bonchev–Trinajstić information content (AvgIpc) is 3.59. The Morgan fingerprint density at radius 2 is 1.86 bits per heavy atom. The molecular formula is C26H31N3O5S. The van der Waals surface area contributed by atoms with E-state index in [0.717, 1.165) is 37.3 Å². The molecule has 0 saturated carbocycles. The summed E-state index contributed by atoms with van der Waals surface area (Å²) < 4.78 is 39.0. The highest BCUT2D eigenvalue weighted by Gasteiger charge is 2.28. The van der Waals surface area contributed by atoms with E-state index in [9.17, 15) is 13.2 Å². The van der Waals surface area contributed by atoms with Gasteiger partial charge in [0.1, 0.15) is 16.4 Å². The second kappa shape index (κ2) is 11.1. The van der Waals surface area contributed by atoms with Crippen LogP contribution in [0.5, 0.6) is 5.75 Å². The minimum atomic E-state index is -3.91. The van der Waals surface area contributed by atoms with Gasteiger partial charge in [0, 0.05) is 25.7 Å². The fraction of sp³-hybridized carbons (Fsp3) is 0.346. The highest BCUT2D eigenvalue weighted by Crippen LogP contribution is 2.29. The van der Waals surface area contributed by atoms with Crippen LogP contribution in [0, 0.1) is 0 Å². The minimum absolute atomic E-state index is 0.0480. The van der Waals surface area contributed by atoms with E-state index < -0.39 is 10.0 Å². The van der Waals surface area contributed by atoms with Gasteiger partial charge < -0.3 is 14.5 Å². The topological polar surface area (TPSA) is 92.1 Å². The molecule has 0 bridgehead atoms. The second-order valence-electron chi connectivity index (χ2n) is 8.60. The smallest absolute Gasteiger partial charge is 0.251 e. The predicted octanol–water partition coefficient (Wildman–Crippen LogP) is 3.68. The Hall–Kier alpha value is -3.14. The van der Waals surface area contributed by atoms with Gasteiger partial charge in [-0.2, -0.15) is 4.31 Å². The van der Waals surface area contributed by atoms with Crippen LogP contribution in [0.1, 0.15) is 40.6 Å². The number of benzene rings is 2. The number of furan rings is 1. The molecule has 0 spiro atoms. The number of hydrogen-bond acceptors (Lipinski definition) is 6. The standard InChI is InChI=1S/C26H31N3O5S/c1-28(19-20-9-4-3-5-10-20)35(31,32)25-17-21(12-13-24(25)33-2)26(30)27-18-22(23-11-8-16-34-23)29-14-6-7-15-29/h3-5,8-13,16-17,22H,6-7,14-15,18-19H2,1-2H3,(H,27,30)/t22-/m0/s1. The zero-order chi connectivity index (χ0) is 24.8. The molecule has 1 aromatic heterocycles. The quantitative estimate of drug-likeness (QED) is 0.460. The first-order valence-electron chi connectivity index (χ1n) is 11.6. The SMILES string of the molecule is COc1ccc(C(=O)NC[C@@H](c2ccco2)N2CCCC2)cc1S(=O)(=O)N(C)Cc1ccccc1. The summed E-state index contributed by atoms with van der Waals surface area (Å²) in [5.41, 5.74) is 1.11. The number of likely N-dealkylation sites (tertiary alicyclic amines) is 1. The first kappa shape index (κ1) is 25.0. The van der Waals surface area contributed by atoms with E-state index in [2.05, 4.69) is 10.2 Å². The Balaban J connectivity index is 1.52. The van der Waals surface area contributed by atoms with E-state index in [1.807, 2.05) is 42.5 Å². The van der Waals surface area contributed by atoms with Crippen molar-refractivity contribution in [2.75, 3.05) is 33.8 Å². The summed E-state index contributed by atoms with van der Waals surface area (Å²) in [5, 5.41) is 2.96. The first-order chi connectivity index (χ1) is 16.9. The highest BCUT2D eigenvalue weighted by atomic mass is 32.2. The number of amides is 1. The molecule has 2 heterocycles. The second-order valence-corrected chi connectivity index (χ2v) is 10.6. The molecule has 1 N–H and O–H groups in total. The van der Waals surface area contributed by atoms with Crippen molar-refractivity contribution in [1.29, 1.82) is 0 Å². The van der Waals surface area contributed by atoms with Crippen molar-refractivity contribution in [3.63, 3.8) is 0 Å². The lowest BCUT2D eigenvalue weighted by atomic mass is 10.1. The molecular weight excluding hydrogens is 466 g/mol. The van der Waals surface area contributed by atoms with Crippen LogP contribution in [0.3, 0.4) is 0 Å². The summed E-state index contributed by atoms with van der Waals surface area (Å²) in [6, 6.07) is 17.5. The zero-order valence-corrected chi connectivity index (χ0v) is 20.8. The van der Waals surface area contributed by atoms with Crippen molar-refractivity contribution in [1.82, 2.24) is 14.5 Å². The van der Waals surface area contributed by atoms with Crippen LogP contribution in [-0.2, 0) is 16.6 Å². The average molecular weight is 498 g/mol. The van der Waals surface area contributed by atoms with Crippen LogP contribution in [0.15, 0.2) is 76.2 Å². The van der Waals surface area contributed by atoms with Crippen molar-refractivity contribution in [3.05, 3.63) is 83.8 Å². The third-order valence-corrected chi connectivity index (χ3v) is 8.10. The van der Waals surface area contributed by atoms with Crippen molar-refractivity contribution in [3.8, 4) is 5.75 Å². The molecule has 0 radical (unpaired) electrons. The highest BCUT2D eigenvalue weighted by molar-refractivity contribution is 7.89. The van der Waals surface area contributed by atoms with Crippen LogP contribution in [0.2, 0.25) is 0 Å². The van der Waals surface area contributed by atoms with Crippen molar-refractivity contribution < 1.29 is 22.4 Å². The van der Waals surface area contributed by atoms with E-state index in [-0.39, 0.29) is 34.7 Å². The number of methoxy groups -OCH3 is 1. The van der Waals surface area contributed by atoms with Gasteiger partial charge in [-0.15, -0.1) is 0 Å². The first-order valence-corrected chi connectivity index (χ1v) is 13.1. The monoisotopic (exact) mass is 497 g/mol. The summed E-state index contributed by atoms with van der Waals surface area (Å²) in [6.07, 6.45) is 3.86. The molecule has 2 aromatic carbocycles. The van der Waals surface area contributed by atoms with Gasteiger partial charge in [0.15, 0.2) is 0 Å². The van der Waals surface area contributed by atoms with Gasteiger partial charge in [-0.1, -0.05) is 30.3 Å². The Morgan fingerprint density at radius 1 is 1.11 bits per heavy atom. The van der Waals surface area contributed by atoms with Gasteiger partial charge in [-0.25, -0.2) is 8.42 Å². The maximum absolute atomic E-state index is 13.4. The van der Waals surface area contributed by atoms with Crippen LogP contribution in [-0.4, -0.2) is 57.3 Å². The summed E-state index contributed by atoms with van der Waals surface area (Å²) in [7, 11) is -0.986. The number of carbonyl (C=O) groups excluding carboxylic acids is 1. The zero-order valence-electron chi connectivity index (χ0n) is 20.0. The summed E-state index contributed by atoms with van der Waals surface area (Å²) in [6.45, 7) is 2.44. The number of sulfonamides is 1. The summed E-state index contributed by atoms with van der Waals surface area (Å²) >= 11 is 0. The fourth-order valence-electron chi connectivity index (χ4n) is 4.35. The van der Waals surface area contributed by atoms with Gasteiger partial charge >= 0.3 is 0 Å². The molecule has 0 aliphatic carbocycles. The summed E-state index contributed by atoms with van der Waals surface area (Å²) in [4.78, 5) is 15.3. The lowest BCUT2D eigenvalue weighted by Crippen LogP contribution is -2.36. The number of nitrogens with one attached hydrogen (secondary N) is 1. The molecule has 35 heavy (non-hydrogen) atoms. The Kier molecular flexibility index (Phi) is 7.90. The molecule has 9 heteroatoms. The minimum Gasteiger partial charge on any atom is -0.495 e. The number of hydrogen-bond donors (Lipinski definition) is 1. The molecule has 1 aliphatic heterocycles. The third-order valence-electron chi connectivity index (χ3n) is 6.27. The van der Waals surface area contributed by atoms with Gasteiger partial charge in [-0.3, -0.25) is 9.69 Å². The van der Waals surface area contributed by atoms with Crippen LogP contribution in [0.25, 0.3) is 0 Å². The van der Waals surface area contributed by atoms with Gasteiger partial charge in [-0.05, 0) is 61.8 Å². The Bertz CT molecular complexity index is 1220. The molecule has 186 valence electrons. The van der Waals surface area contributed by atoms with Gasteiger partial charge in [0.2, 0.25) is 10.0 Å². The molecule has 1 atom stereocenters. The normalized spacial score (nSPS) is 15.3. The Morgan fingerprint density at radius 3 is 2.51 bits per heavy atom. The molecule has 1 fully saturated rings. The molecule has 1 aliphatic rings. The van der Waals surface area contributed by atoms with E-state index >= 15 is 0 Å². The number of carbonyl (C=O) groups is 1. The van der Waals surface area contributed by atoms with Crippen molar-refractivity contribution in [2.45, 2.75) is 30.3 Å². The summed E-state index contributed by atoms with van der Waals surface area (Å²) in [5.74, 6) is 0.630. The van der Waals surface area contributed by atoms with Gasteiger partial charge in [0.25, 0.3) is 5.91 Å². The van der Waals surface area contributed by atoms with E-state index in [1.165, 1.54) is 30.6 Å².